The third-order valence-corrected chi connectivity index (χ3v) is 3.40. The van der Waals surface area contributed by atoms with Crippen molar-refractivity contribution < 1.29 is 13.9 Å². The number of nitrogens with zero attached hydrogens (tertiary/aromatic N) is 1. The fraction of sp³-hybridized carbons (Fsp3) is 0.133. The lowest BCUT2D eigenvalue weighted by atomic mass is 10.2. The van der Waals surface area contributed by atoms with E-state index in [1.165, 1.54) is 6.26 Å². The number of hydrazine groups is 1. The molecule has 0 aliphatic heterocycles. The Morgan fingerprint density at radius 1 is 1.38 bits per heavy atom. The van der Waals surface area contributed by atoms with Crippen molar-refractivity contribution in [1.82, 2.24) is 9.99 Å². The van der Waals surface area contributed by atoms with E-state index in [9.17, 15) is 4.79 Å². The molecular weight excluding hydrogens is 270 g/mol. The summed E-state index contributed by atoms with van der Waals surface area (Å²) in [7, 11) is 1.64. The molecule has 0 atom stereocenters. The maximum absolute atomic E-state index is 11.6. The summed E-state index contributed by atoms with van der Waals surface area (Å²) in [5.41, 5.74) is 3.90. The van der Waals surface area contributed by atoms with Gasteiger partial charge in [-0.15, -0.1) is 0 Å². The van der Waals surface area contributed by atoms with Crippen LogP contribution in [0.2, 0.25) is 0 Å². The third kappa shape index (κ3) is 2.36. The molecule has 2 heterocycles. The molecule has 3 rings (SSSR count). The van der Waals surface area contributed by atoms with Crippen molar-refractivity contribution in [3.63, 3.8) is 0 Å². The van der Waals surface area contributed by atoms with Crippen LogP contribution in [0.1, 0.15) is 16.1 Å². The Labute approximate surface area is 121 Å². The molecule has 0 saturated carbocycles. The maximum atomic E-state index is 11.6. The van der Waals surface area contributed by atoms with Crippen LogP contribution in [-0.4, -0.2) is 17.6 Å². The highest BCUT2D eigenvalue weighted by atomic mass is 16.5. The zero-order chi connectivity index (χ0) is 14.8. The molecule has 0 radical (unpaired) electrons. The van der Waals surface area contributed by atoms with Gasteiger partial charge in [0.1, 0.15) is 5.75 Å². The number of nitrogens with one attached hydrogen (secondary N) is 1. The van der Waals surface area contributed by atoms with E-state index >= 15 is 0 Å². The monoisotopic (exact) mass is 285 g/mol. The number of benzene rings is 1. The maximum Gasteiger partial charge on any atom is 0.301 e. The lowest BCUT2D eigenvalue weighted by Crippen LogP contribution is -2.30. The molecule has 0 aliphatic carbocycles. The number of methoxy groups -OCH3 is 1. The molecule has 108 valence electrons. The molecule has 2 aromatic heterocycles. The second-order valence-corrected chi connectivity index (χ2v) is 4.62. The van der Waals surface area contributed by atoms with Crippen molar-refractivity contribution in [3.05, 3.63) is 54.1 Å². The van der Waals surface area contributed by atoms with Crippen molar-refractivity contribution in [2.75, 3.05) is 7.11 Å². The SMILES string of the molecule is COc1ccc2c(ccn2Cc2ccoc2C(=O)NN)c1. The molecule has 6 nitrogen and oxygen atoms in total. The summed E-state index contributed by atoms with van der Waals surface area (Å²) in [6.45, 7) is 0.523. The van der Waals surface area contributed by atoms with Gasteiger partial charge in [-0.3, -0.25) is 10.2 Å². The molecule has 0 bridgehead atoms. The Morgan fingerprint density at radius 2 is 2.24 bits per heavy atom. The number of aromatic nitrogens is 1. The van der Waals surface area contributed by atoms with Crippen molar-refractivity contribution in [1.29, 1.82) is 0 Å². The first-order valence-electron chi connectivity index (χ1n) is 6.43. The van der Waals surface area contributed by atoms with Crippen molar-refractivity contribution in [3.8, 4) is 5.75 Å². The Bertz CT molecular complexity index is 788. The van der Waals surface area contributed by atoms with Crippen LogP contribution in [-0.2, 0) is 6.54 Å². The minimum atomic E-state index is -0.437. The number of rotatable bonds is 4. The number of nitrogen functional groups attached to an aromatic ring is 1. The van der Waals surface area contributed by atoms with Gasteiger partial charge in [0.25, 0.3) is 0 Å². The molecule has 0 spiro atoms. The number of hydrogen-bond donors (Lipinski definition) is 2. The Hall–Kier alpha value is -2.73. The largest absolute Gasteiger partial charge is 0.497 e. The van der Waals surface area contributed by atoms with E-state index in [2.05, 4.69) is 5.43 Å². The van der Waals surface area contributed by atoms with Gasteiger partial charge in [0.2, 0.25) is 0 Å². The van der Waals surface area contributed by atoms with E-state index in [1.54, 1.807) is 13.2 Å². The molecule has 0 fully saturated rings. The van der Waals surface area contributed by atoms with Gasteiger partial charge in [0.15, 0.2) is 5.76 Å². The third-order valence-electron chi connectivity index (χ3n) is 3.40. The van der Waals surface area contributed by atoms with Crippen molar-refractivity contribution in [2.45, 2.75) is 6.54 Å². The fourth-order valence-corrected chi connectivity index (χ4v) is 2.35. The summed E-state index contributed by atoms with van der Waals surface area (Å²) in [5, 5.41) is 1.07. The molecule has 1 aromatic carbocycles. The van der Waals surface area contributed by atoms with Gasteiger partial charge in [-0.05, 0) is 30.3 Å². The highest BCUT2D eigenvalue weighted by Crippen LogP contribution is 2.23. The Morgan fingerprint density at radius 3 is 3.00 bits per heavy atom. The molecule has 1 amide bonds. The molecule has 0 aliphatic rings. The number of furan rings is 1. The minimum Gasteiger partial charge on any atom is -0.497 e. The van der Waals surface area contributed by atoms with Gasteiger partial charge < -0.3 is 13.7 Å². The van der Waals surface area contributed by atoms with Gasteiger partial charge in [-0.2, -0.15) is 0 Å². The topological polar surface area (TPSA) is 82.4 Å². The Kier molecular flexibility index (Phi) is 3.37. The summed E-state index contributed by atoms with van der Waals surface area (Å²) >= 11 is 0. The van der Waals surface area contributed by atoms with Gasteiger partial charge in [0.05, 0.1) is 19.9 Å². The van der Waals surface area contributed by atoms with E-state index in [1.807, 2.05) is 35.0 Å². The van der Waals surface area contributed by atoms with Crippen molar-refractivity contribution >= 4 is 16.8 Å². The highest BCUT2D eigenvalue weighted by molar-refractivity contribution is 5.92. The number of carbonyl (C=O) groups excluding carboxylic acids is 1. The standard InChI is InChI=1S/C15H15N3O3/c1-20-12-2-3-13-10(8-12)4-6-18(13)9-11-5-7-21-14(11)15(19)17-16/h2-8H,9,16H2,1H3,(H,17,19). The zero-order valence-corrected chi connectivity index (χ0v) is 11.5. The van der Waals surface area contributed by atoms with Crippen LogP contribution in [0.25, 0.3) is 10.9 Å². The predicted octanol–water partition coefficient (Wildman–Crippen LogP) is 1.89. The van der Waals surface area contributed by atoms with Gasteiger partial charge in [-0.25, -0.2) is 5.84 Å². The number of carbonyl (C=O) groups is 1. The van der Waals surface area contributed by atoms with Crippen LogP contribution in [0.5, 0.6) is 5.75 Å². The van der Waals surface area contributed by atoms with Crippen molar-refractivity contribution in [2.24, 2.45) is 5.84 Å². The Balaban J connectivity index is 1.95. The second kappa shape index (κ2) is 5.34. The smallest absolute Gasteiger partial charge is 0.301 e. The highest BCUT2D eigenvalue weighted by Gasteiger charge is 2.15. The van der Waals surface area contributed by atoms with Gasteiger partial charge >= 0.3 is 5.91 Å². The zero-order valence-electron chi connectivity index (χ0n) is 11.5. The summed E-state index contributed by atoms with van der Waals surface area (Å²) in [4.78, 5) is 11.6. The molecular formula is C15H15N3O3. The van der Waals surface area contributed by atoms with Gasteiger partial charge in [-0.1, -0.05) is 0 Å². The molecule has 3 N–H and O–H groups in total. The average molecular weight is 285 g/mol. The molecule has 6 heteroatoms. The fourth-order valence-electron chi connectivity index (χ4n) is 2.35. The first kappa shape index (κ1) is 13.3. The summed E-state index contributed by atoms with van der Waals surface area (Å²) in [6, 6.07) is 9.62. The van der Waals surface area contributed by atoms with Crippen LogP contribution in [0.4, 0.5) is 0 Å². The van der Waals surface area contributed by atoms with E-state index in [0.29, 0.717) is 6.54 Å². The van der Waals surface area contributed by atoms with E-state index in [-0.39, 0.29) is 5.76 Å². The second-order valence-electron chi connectivity index (χ2n) is 4.62. The van der Waals surface area contributed by atoms with Crippen LogP contribution in [0.3, 0.4) is 0 Å². The first-order chi connectivity index (χ1) is 10.2. The van der Waals surface area contributed by atoms with Crippen LogP contribution < -0.4 is 16.0 Å². The molecule has 0 saturated heterocycles. The van der Waals surface area contributed by atoms with Crippen LogP contribution >= 0.6 is 0 Å². The molecule has 3 aromatic rings. The average Bonchev–Trinajstić information content (AvgIpc) is 3.13. The van der Waals surface area contributed by atoms with Crippen LogP contribution in [0.15, 0.2) is 47.2 Å². The molecule has 0 unspecified atom stereocenters. The number of ether oxygens (including phenoxy) is 1. The lowest BCUT2D eigenvalue weighted by Gasteiger charge is -2.06. The molecule has 21 heavy (non-hydrogen) atoms. The number of amides is 1. The van der Waals surface area contributed by atoms with E-state index in [4.69, 9.17) is 15.0 Å². The summed E-state index contributed by atoms with van der Waals surface area (Å²) in [6.07, 6.45) is 3.44. The predicted molar refractivity (Wildman–Crippen MR) is 78.0 cm³/mol. The van der Waals surface area contributed by atoms with E-state index < -0.39 is 5.91 Å². The first-order valence-corrected chi connectivity index (χ1v) is 6.43. The number of nitrogens with two attached hydrogens (primary N) is 1. The lowest BCUT2D eigenvalue weighted by molar-refractivity contribution is 0.0924. The summed E-state index contributed by atoms with van der Waals surface area (Å²) < 4.78 is 12.4. The number of fused-ring (bicyclic) bond motifs is 1. The van der Waals surface area contributed by atoms with Crippen LogP contribution in [0, 0.1) is 0 Å². The minimum absolute atomic E-state index is 0.230. The normalized spacial score (nSPS) is 10.8. The number of hydrogen-bond acceptors (Lipinski definition) is 4. The van der Waals surface area contributed by atoms with Gasteiger partial charge in [0, 0.05) is 22.7 Å². The van der Waals surface area contributed by atoms with E-state index in [0.717, 1.165) is 22.2 Å². The quantitative estimate of drug-likeness (QED) is 0.436. The summed E-state index contributed by atoms with van der Waals surface area (Å²) in [5.74, 6) is 5.75.